The van der Waals surface area contributed by atoms with Gasteiger partial charge in [-0.2, -0.15) is 0 Å². The van der Waals surface area contributed by atoms with Crippen LogP contribution in [0.25, 0.3) is 0 Å². The second-order valence-electron chi connectivity index (χ2n) is 4.62. The molecule has 1 fully saturated rings. The average Bonchev–Trinajstić information content (AvgIpc) is 2.74. The first-order chi connectivity index (χ1) is 8.63. The van der Waals surface area contributed by atoms with Crippen LogP contribution in [0.3, 0.4) is 0 Å². The largest absolute Gasteiger partial charge is 0.481 e. The smallest absolute Gasteiger partial charge is 0.308 e. The number of hydrogen-bond donors (Lipinski definition) is 1. The molecule has 4 nitrogen and oxygen atoms in total. The van der Waals surface area contributed by atoms with Crippen molar-refractivity contribution in [1.29, 1.82) is 0 Å². The molecule has 1 N–H and O–H groups in total. The third-order valence-corrected chi connectivity index (χ3v) is 3.45. The molecule has 0 aliphatic carbocycles. The maximum absolute atomic E-state index is 11.9. The van der Waals surface area contributed by atoms with Crippen molar-refractivity contribution in [3.05, 3.63) is 35.9 Å². The van der Waals surface area contributed by atoms with E-state index in [0.717, 1.165) is 12.0 Å². The molecule has 1 amide bonds. The number of carboxylic acids is 1. The van der Waals surface area contributed by atoms with Gasteiger partial charge in [0, 0.05) is 13.0 Å². The van der Waals surface area contributed by atoms with Gasteiger partial charge >= 0.3 is 5.97 Å². The van der Waals surface area contributed by atoms with Crippen molar-refractivity contribution < 1.29 is 14.7 Å². The van der Waals surface area contributed by atoms with Gasteiger partial charge in [-0.3, -0.25) is 9.59 Å². The Hall–Kier alpha value is -1.84. The van der Waals surface area contributed by atoms with Crippen LogP contribution in [0.5, 0.6) is 0 Å². The predicted octanol–water partition coefficient (Wildman–Crippen LogP) is 2.07. The molecule has 2 unspecified atom stereocenters. The molecule has 0 aromatic heterocycles. The first kappa shape index (κ1) is 12.6. The molecule has 1 aromatic rings. The zero-order valence-electron chi connectivity index (χ0n) is 10.4. The molecule has 1 saturated heterocycles. The number of hydrogen-bond acceptors (Lipinski definition) is 2. The Labute approximate surface area is 106 Å². The minimum atomic E-state index is -0.881. The van der Waals surface area contributed by atoms with E-state index in [2.05, 4.69) is 0 Å². The molecule has 0 saturated carbocycles. The van der Waals surface area contributed by atoms with Crippen LogP contribution in [-0.4, -0.2) is 28.4 Å². The van der Waals surface area contributed by atoms with Crippen LogP contribution in [0.4, 0.5) is 0 Å². The van der Waals surface area contributed by atoms with E-state index in [1.54, 1.807) is 4.90 Å². The van der Waals surface area contributed by atoms with Crippen molar-refractivity contribution in [2.24, 2.45) is 5.92 Å². The quantitative estimate of drug-likeness (QED) is 0.886. The van der Waals surface area contributed by atoms with Gasteiger partial charge in [0.15, 0.2) is 0 Å². The number of benzene rings is 1. The summed E-state index contributed by atoms with van der Waals surface area (Å²) in [5, 5.41) is 8.99. The maximum Gasteiger partial charge on any atom is 0.308 e. The van der Waals surface area contributed by atoms with E-state index < -0.39 is 11.9 Å². The summed E-state index contributed by atoms with van der Waals surface area (Å²) in [7, 11) is 0. The summed E-state index contributed by atoms with van der Waals surface area (Å²) in [6.07, 6.45) is 0.917. The molecule has 0 radical (unpaired) electrons. The fourth-order valence-corrected chi connectivity index (χ4v) is 2.51. The normalized spacial score (nSPS) is 21.1. The number of carbonyl (C=O) groups excluding carboxylic acids is 1. The van der Waals surface area contributed by atoms with Crippen molar-refractivity contribution in [1.82, 2.24) is 4.90 Å². The van der Waals surface area contributed by atoms with Crippen molar-refractivity contribution >= 4 is 11.9 Å². The van der Waals surface area contributed by atoms with E-state index >= 15 is 0 Å². The van der Waals surface area contributed by atoms with Gasteiger partial charge in [0.25, 0.3) is 0 Å². The van der Waals surface area contributed by atoms with Crippen molar-refractivity contribution in [2.45, 2.75) is 25.8 Å². The molecule has 1 aliphatic heterocycles. The van der Waals surface area contributed by atoms with Gasteiger partial charge in [0.2, 0.25) is 5.91 Å². The fourth-order valence-electron chi connectivity index (χ4n) is 2.51. The molecule has 1 heterocycles. The van der Waals surface area contributed by atoms with Crippen LogP contribution < -0.4 is 0 Å². The topological polar surface area (TPSA) is 57.6 Å². The zero-order chi connectivity index (χ0) is 13.1. The van der Waals surface area contributed by atoms with E-state index in [1.165, 1.54) is 0 Å². The lowest BCUT2D eigenvalue weighted by atomic mass is 10.0. The van der Waals surface area contributed by atoms with Crippen molar-refractivity contribution in [3.63, 3.8) is 0 Å². The fraction of sp³-hybridized carbons (Fsp3) is 0.429. The Morgan fingerprint density at radius 2 is 2.11 bits per heavy atom. The van der Waals surface area contributed by atoms with E-state index in [9.17, 15) is 9.59 Å². The SMILES string of the molecule is CCC(c1ccccc1)N1CC(C(=O)O)CC1=O. The first-order valence-electron chi connectivity index (χ1n) is 6.20. The van der Waals surface area contributed by atoms with Gasteiger partial charge in [-0.25, -0.2) is 0 Å². The lowest BCUT2D eigenvalue weighted by Gasteiger charge is -2.27. The van der Waals surface area contributed by atoms with E-state index in [0.29, 0.717) is 6.54 Å². The van der Waals surface area contributed by atoms with Crippen LogP contribution >= 0.6 is 0 Å². The number of carboxylic acid groups (broad SMARTS) is 1. The highest BCUT2D eigenvalue weighted by Gasteiger charge is 2.37. The lowest BCUT2D eigenvalue weighted by Crippen LogP contribution is -2.30. The standard InChI is InChI=1S/C14H17NO3/c1-2-12(10-6-4-3-5-7-10)15-9-11(14(17)18)8-13(15)16/h3-7,11-12H,2,8-9H2,1H3,(H,17,18). The number of amides is 1. The Morgan fingerprint density at radius 1 is 1.44 bits per heavy atom. The summed E-state index contributed by atoms with van der Waals surface area (Å²) in [5.41, 5.74) is 1.07. The summed E-state index contributed by atoms with van der Waals surface area (Å²) >= 11 is 0. The number of rotatable bonds is 4. The first-order valence-corrected chi connectivity index (χ1v) is 6.20. The second kappa shape index (κ2) is 5.21. The van der Waals surface area contributed by atoms with Crippen LogP contribution in [0.2, 0.25) is 0 Å². The molecule has 0 spiro atoms. The summed E-state index contributed by atoms with van der Waals surface area (Å²) in [6, 6.07) is 9.76. The van der Waals surface area contributed by atoms with Crippen LogP contribution in [0, 0.1) is 5.92 Å². The summed E-state index contributed by atoms with van der Waals surface area (Å²) in [4.78, 5) is 24.6. The Morgan fingerprint density at radius 3 is 2.61 bits per heavy atom. The number of likely N-dealkylation sites (tertiary alicyclic amines) is 1. The van der Waals surface area contributed by atoms with Gasteiger partial charge in [0.1, 0.15) is 0 Å². The number of aliphatic carboxylic acids is 1. The molecule has 2 rings (SSSR count). The average molecular weight is 247 g/mol. The molecule has 1 aliphatic rings. The Balaban J connectivity index is 2.19. The van der Waals surface area contributed by atoms with Gasteiger partial charge in [-0.05, 0) is 12.0 Å². The molecule has 4 heteroatoms. The van der Waals surface area contributed by atoms with E-state index in [-0.39, 0.29) is 18.4 Å². The third kappa shape index (κ3) is 2.37. The van der Waals surface area contributed by atoms with Crippen molar-refractivity contribution in [3.8, 4) is 0 Å². The molecule has 96 valence electrons. The predicted molar refractivity (Wildman–Crippen MR) is 66.9 cm³/mol. The van der Waals surface area contributed by atoms with Crippen LogP contribution in [0.15, 0.2) is 30.3 Å². The zero-order valence-corrected chi connectivity index (χ0v) is 10.4. The van der Waals surface area contributed by atoms with E-state index in [4.69, 9.17) is 5.11 Å². The molecular formula is C14H17NO3. The highest BCUT2D eigenvalue weighted by atomic mass is 16.4. The minimum Gasteiger partial charge on any atom is -0.481 e. The molecule has 18 heavy (non-hydrogen) atoms. The number of carbonyl (C=O) groups is 2. The monoisotopic (exact) mass is 247 g/mol. The Bertz CT molecular complexity index is 444. The minimum absolute atomic E-state index is 0.0111. The molecule has 1 aromatic carbocycles. The van der Waals surface area contributed by atoms with Crippen LogP contribution in [0.1, 0.15) is 31.4 Å². The second-order valence-corrected chi connectivity index (χ2v) is 4.62. The van der Waals surface area contributed by atoms with Gasteiger partial charge in [-0.1, -0.05) is 37.3 Å². The van der Waals surface area contributed by atoms with Gasteiger partial charge < -0.3 is 10.0 Å². The third-order valence-electron chi connectivity index (χ3n) is 3.45. The van der Waals surface area contributed by atoms with Gasteiger partial charge in [-0.15, -0.1) is 0 Å². The number of nitrogens with zero attached hydrogens (tertiary/aromatic N) is 1. The summed E-state index contributed by atoms with van der Waals surface area (Å²) in [6.45, 7) is 2.33. The molecule has 0 bridgehead atoms. The van der Waals surface area contributed by atoms with Crippen molar-refractivity contribution in [2.75, 3.05) is 6.54 Å². The maximum atomic E-state index is 11.9. The molecule has 2 atom stereocenters. The van der Waals surface area contributed by atoms with Gasteiger partial charge in [0.05, 0.1) is 12.0 Å². The molecular weight excluding hydrogens is 230 g/mol. The lowest BCUT2D eigenvalue weighted by molar-refractivity contribution is -0.141. The van der Waals surface area contributed by atoms with E-state index in [1.807, 2.05) is 37.3 Å². The summed E-state index contributed by atoms with van der Waals surface area (Å²) in [5.74, 6) is -1.50. The summed E-state index contributed by atoms with van der Waals surface area (Å²) < 4.78 is 0. The highest BCUT2D eigenvalue weighted by molar-refractivity contribution is 5.86. The Kier molecular flexibility index (Phi) is 3.65. The van der Waals surface area contributed by atoms with Crippen LogP contribution in [-0.2, 0) is 9.59 Å². The highest BCUT2D eigenvalue weighted by Crippen LogP contribution is 2.30.